The molecule has 6 heteroatoms. The van der Waals surface area contributed by atoms with Gasteiger partial charge in [0, 0.05) is 0 Å². The summed E-state index contributed by atoms with van der Waals surface area (Å²) >= 11 is 9.53. The largest absolute Gasteiger partial charge is 0.481 e. The highest BCUT2D eigenvalue weighted by atomic mass is 35.5. The van der Waals surface area contributed by atoms with Crippen LogP contribution in [-0.2, 0) is 9.59 Å². The number of halogens is 2. The lowest BCUT2D eigenvalue weighted by molar-refractivity contribution is -0.148. The van der Waals surface area contributed by atoms with Crippen molar-refractivity contribution < 1.29 is 19.8 Å². The Balaban J connectivity index is 0. The summed E-state index contributed by atoms with van der Waals surface area (Å²) in [5.41, 5.74) is 0. The number of aliphatic carboxylic acids is 2. The van der Waals surface area contributed by atoms with Gasteiger partial charge >= 0.3 is 11.9 Å². The minimum Gasteiger partial charge on any atom is -0.481 e. The van der Waals surface area contributed by atoms with E-state index in [4.69, 9.17) is 33.4 Å². The molecule has 0 amide bonds. The number of carboxylic acids is 2. The van der Waals surface area contributed by atoms with Crippen LogP contribution in [0.15, 0.2) is 0 Å². The van der Waals surface area contributed by atoms with E-state index in [2.05, 4.69) is 0 Å². The SMILES string of the molecule is CCC(CC(=O)O)C(=O)O.ClCCl. The van der Waals surface area contributed by atoms with Gasteiger partial charge in [-0.3, -0.25) is 9.59 Å². The van der Waals surface area contributed by atoms with Crippen molar-refractivity contribution in [2.75, 3.05) is 5.34 Å². The average molecular weight is 231 g/mol. The van der Waals surface area contributed by atoms with Crippen molar-refractivity contribution in [2.45, 2.75) is 19.8 Å². The van der Waals surface area contributed by atoms with Crippen LogP contribution in [0.5, 0.6) is 0 Å². The van der Waals surface area contributed by atoms with Gasteiger partial charge in [-0.15, -0.1) is 23.2 Å². The first-order valence-corrected chi connectivity index (χ1v) is 4.62. The summed E-state index contributed by atoms with van der Waals surface area (Å²) in [7, 11) is 0. The van der Waals surface area contributed by atoms with E-state index in [0.29, 0.717) is 6.42 Å². The molecular weight excluding hydrogens is 219 g/mol. The second kappa shape index (κ2) is 9.61. The maximum atomic E-state index is 10.2. The third-order valence-corrected chi connectivity index (χ3v) is 1.26. The van der Waals surface area contributed by atoms with E-state index in [1.54, 1.807) is 6.92 Å². The standard InChI is InChI=1S/C6H10O4.CH2Cl2/c1-2-4(6(9)10)3-5(7)8;2-1-3/h4H,2-3H2,1H3,(H,7,8)(H,9,10);1H2. The van der Waals surface area contributed by atoms with Crippen molar-refractivity contribution in [3.05, 3.63) is 0 Å². The van der Waals surface area contributed by atoms with Gasteiger partial charge in [0.25, 0.3) is 0 Å². The van der Waals surface area contributed by atoms with Crippen LogP contribution in [0.2, 0.25) is 0 Å². The molecule has 0 aromatic heterocycles. The summed E-state index contributed by atoms with van der Waals surface area (Å²) in [5.74, 6) is -2.84. The minimum atomic E-state index is -1.06. The van der Waals surface area contributed by atoms with E-state index in [1.807, 2.05) is 0 Å². The summed E-state index contributed by atoms with van der Waals surface area (Å²) in [6.45, 7) is 1.65. The number of hydrogen-bond acceptors (Lipinski definition) is 2. The summed E-state index contributed by atoms with van der Waals surface area (Å²) in [6, 6.07) is 0. The van der Waals surface area contributed by atoms with Crippen LogP contribution in [-0.4, -0.2) is 27.5 Å². The van der Waals surface area contributed by atoms with E-state index in [1.165, 1.54) is 0 Å². The molecule has 1 atom stereocenters. The van der Waals surface area contributed by atoms with E-state index in [-0.39, 0.29) is 11.8 Å². The molecule has 0 aliphatic heterocycles. The van der Waals surface area contributed by atoms with Crippen LogP contribution in [0.4, 0.5) is 0 Å². The first-order valence-electron chi connectivity index (χ1n) is 3.56. The molecule has 2 N–H and O–H groups in total. The fourth-order valence-electron chi connectivity index (χ4n) is 0.617. The van der Waals surface area contributed by atoms with E-state index in [9.17, 15) is 9.59 Å². The van der Waals surface area contributed by atoms with Gasteiger partial charge in [-0.2, -0.15) is 0 Å². The van der Waals surface area contributed by atoms with Gasteiger partial charge < -0.3 is 10.2 Å². The lowest BCUT2D eigenvalue weighted by atomic mass is 10.0. The molecule has 1 unspecified atom stereocenters. The molecular formula is C7H12Cl2O4. The first-order chi connectivity index (χ1) is 5.99. The van der Waals surface area contributed by atoms with Crippen LogP contribution < -0.4 is 0 Å². The van der Waals surface area contributed by atoms with Crippen molar-refractivity contribution in [1.82, 2.24) is 0 Å². The van der Waals surface area contributed by atoms with Crippen molar-refractivity contribution >= 4 is 35.1 Å². The normalized spacial score (nSPS) is 11.0. The molecule has 0 rings (SSSR count). The van der Waals surface area contributed by atoms with Gasteiger partial charge in [0.1, 0.15) is 0 Å². The summed E-state index contributed by atoms with van der Waals surface area (Å²) < 4.78 is 0. The lowest BCUT2D eigenvalue weighted by Gasteiger charge is -2.03. The van der Waals surface area contributed by atoms with E-state index >= 15 is 0 Å². The molecule has 0 aromatic rings. The fourth-order valence-corrected chi connectivity index (χ4v) is 0.617. The Labute approximate surface area is 86.5 Å². The minimum absolute atomic E-state index is 0.194. The molecule has 0 bridgehead atoms. The molecule has 0 saturated heterocycles. The fraction of sp³-hybridized carbons (Fsp3) is 0.714. The van der Waals surface area contributed by atoms with Gasteiger partial charge in [0.2, 0.25) is 0 Å². The van der Waals surface area contributed by atoms with Crippen molar-refractivity contribution in [1.29, 1.82) is 0 Å². The Kier molecular flexibility index (Phi) is 11.1. The molecule has 0 aromatic carbocycles. The third kappa shape index (κ3) is 11.5. The Morgan fingerprint density at radius 2 is 1.69 bits per heavy atom. The topological polar surface area (TPSA) is 74.6 Å². The predicted octanol–water partition coefficient (Wildman–Crippen LogP) is 1.99. The first kappa shape index (κ1) is 15.0. The molecule has 0 fully saturated rings. The Morgan fingerprint density at radius 1 is 1.31 bits per heavy atom. The zero-order chi connectivity index (χ0) is 10.9. The molecule has 0 heterocycles. The molecule has 13 heavy (non-hydrogen) atoms. The Hall–Kier alpha value is -0.480. The number of rotatable bonds is 4. The molecule has 78 valence electrons. The van der Waals surface area contributed by atoms with Gasteiger partial charge in [-0.1, -0.05) is 6.92 Å². The summed E-state index contributed by atoms with van der Waals surface area (Å²) in [4.78, 5) is 20.2. The predicted molar refractivity (Wildman–Crippen MR) is 50.2 cm³/mol. The van der Waals surface area contributed by atoms with Gasteiger partial charge in [-0.05, 0) is 6.42 Å². The van der Waals surface area contributed by atoms with Crippen molar-refractivity contribution in [2.24, 2.45) is 5.92 Å². The Morgan fingerprint density at radius 3 is 1.77 bits per heavy atom. The maximum Gasteiger partial charge on any atom is 0.307 e. The second-order valence-corrected chi connectivity index (χ2v) is 2.95. The summed E-state index contributed by atoms with van der Waals surface area (Å²) in [5, 5.41) is 16.8. The molecule has 0 radical (unpaired) electrons. The van der Waals surface area contributed by atoms with Crippen LogP contribution in [0.3, 0.4) is 0 Å². The van der Waals surface area contributed by atoms with Crippen LogP contribution in [0.25, 0.3) is 0 Å². The van der Waals surface area contributed by atoms with Crippen LogP contribution in [0.1, 0.15) is 19.8 Å². The quantitative estimate of drug-likeness (QED) is 0.725. The highest BCUT2D eigenvalue weighted by molar-refractivity contribution is 6.40. The van der Waals surface area contributed by atoms with E-state index in [0.717, 1.165) is 0 Å². The van der Waals surface area contributed by atoms with Crippen molar-refractivity contribution in [3.8, 4) is 0 Å². The zero-order valence-electron chi connectivity index (χ0n) is 7.17. The highest BCUT2D eigenvalue weighted by Crippen LogP contribution is 2.07. The molecule has 0 saturated carbocycles. The second-order valence-electron chi connectivity index (χ2n) is 2.14. The zero-order valence-corrected chi connectivity index (χ0v) is 8.68. The highest BCUT2D eigenvalue weighted by Gasteiger charge is 2.17. The average Bonchev–Trinajstić information content (AvgIpc) is 2.00. The number of hydrogen-bond donors (Lipinski definition) is 2. The lowest BCUT2D eigenvalue weighted by Crippen LogP contribution is -2.16. The van der Waals surface area contributed by atoms with Crippen molar-refractivity contribution in [3.63, 3.8) is 0 Å². The Bertz CT molecular complexity index is 161. The van der Waals surface area contributed by atoms with Gasteiger partial charge in [0.15, 0.2) is 0 Å². The molecule has 0 aliphatic carbocycles. The third-order valence-electron chi connectivity index (χ3n) is 1.26. The molecule has 0 aliphatic rings. The molecule has 0 spiro atoms. The number of carbonyl (C=O) groups is 2. The smallest absolute Gasteiger partial charge is 0.307 e. The maximum absolute atomic E-state index is 10.2. The molecule has 4 nitrogen and oxygen atoms in total. The number of alkyl halides is 2. The van der Waals surface area contributed by atoms with Gasteiger partial charge in [-0.25, -0.2) is 0 Å². The number of carboxylic acid groups (broad SMARTS) is 2. The van der Waals surface area contributed by atoms with E-state index < -0.39 is 17.9 Å². The monoisotopic (exact) mass is 230 g/mol. The van der Waals surface area contributed by atoms with Gasteiger partial charge in [0.05, 0.1) is 17.7 Å². The van der Waals surface area contributed by atoms with Crippen LogP contribution >= 0.6 is 23.2 Å². The van der Waals surface area contributed by atoms with Crippen LogP contribution in [0, 0.1) is 5.92 Å². The summed E-state index contributed by atoms with van der Waals surface area (Å²) in [6.07, 6.45) is 0.0769.